The van der Waals surface area contributed by atoms with Crippen LogP contribution in [-0.4, -0.2) is 14.8 Å². The van der Waals surface area contributed by atoms with E-state index in [1.54, 1.807) is 12.3 Å². The van der Waals surface area contributed by atoms with E-state index >= 15 is 0 Å². The predicted molar refractivity (Wildman–Crippen MR) is 70.6 cm³/mol. The highest BCUT2D eigenvalue weighted by Gasteiger charge is 2.14. The highest BCUT2D eigenvalue weighted by molar-refractivity contribution is 6.36. The molecule has 0 fully saturated rings. The number of pyridine rings is 1. The Labute approximate surface area is 110 Å². The van der Waals surface area contributed by atoms with Gasteiger partial charge in [0.2, 0.25) is 0 Å². The number of aryl methyl sites for hydroxylation is 1. The Bertz CT molecular complexity index is 547. The summed E-state index contributed by atoms with van der Waals surface area (Å²) in [5, 5.41) is 5.55. The van der Waals surface area contributed by atoms with Gasteiger partial charge in [0.15, 0.2) is 0 Å². The molecule has 0 unspecified atom stereocenters. The summed E-state index contributed by atoms with van der Waals surface area (Å²) in [5.74, 6) is 0. The maximum absolute atomic E-state index is 6.13. The first-order valence-electron chi connectivity index (χ1n) is 5.36. The van der Waals surface area contributed by atoms with Crippen LogP contribution in [0.25, 0.3) is 11.4 Å². The van der Waals surface area contributed by atoms with Crippen LogP contribution in [-0.2, 0) is 0 Å². The van der Waals surface area contributed by atoms with E-state index in [2.05, 4.69) is 23.9 Å². The molecule has 2 rings (SSSR count). The van der Waals surface area contributed by atoms with Gasteiger partial charge in [-0.1, -0.05) is 23.2 Å². The van der Waals surface area contributed by atoms with E-state index in [-0.39, 0.29) is 0 Å². The fourth-order valence-corrected chi connectivity index (χ4v) is 2.04. The molecule has 0 atom stereocenters. The van der Waals surface area contributed by atoms with Gasteiger partial charge in [-0.05, 0) is 32.4 Å². The molecule has 0 bridgehead atoms. The van der Waals surface area contributed by atoms with Crippen LogP contribution in [0.1, 0.15) is 25.5 Å². The predicted octanol–water partition coefficient (Wildman–Crippen LogP) is 4.14. The van der Waals surface area contributed by atoms with Crippen LogP contribution in [0, 0.1) is 6.92 Å². The number of hydrogen-bond acceptors (Lipinski definition) is 2. The van der Waals surface area contributed by atoms with E-state index in [9.17, 15) is 0 Å². The fraction of sp³-hybridized carbons (Fsp3) is 0.333. The molecular weight excluding hydrogens is 257 g/mol. The monoisotopic (exact) mass is 269 g/mol. The molecule has 5 heteroatoms. The molecule has 0 spiro atoms. The van der Waals surface area contributed by atoms with Gasteiger partial charge in [-0.15, -0.1) is 0 Å². The van der Waals surface area contributed by atoms with Gasteiger partial charge in [-0.2, -0.15) is 5.10 Å². The van der Waals surface area contributed by atoms with E-state index < -0.39 is 0 Å². The fourth-order valence-electron chi connectivity index (χ4n) is 1.57. The molecule has 0 aliphatic carbocycles. The van der Waals surface area contributed by atoms with Crippen molar-refractivity contribution in [3.8, 4) is 11.4 Å². The van der Waals surface area contributed by atoms with Crippen LogP contribution < -0.4 is 0 Å². The molecule has 0 aromatic carbocycles. The van der Waals surface area contributed by atoms with Crippen molar-refractivity contribution in [3.05, 3.63) is 34.1 Å². The molecule has 0 N–H and O–H groups in total. The summed E-state index contributed by atoms with van der Waals surface area (Å²) >= 11 is 12.0. The Kier molecular flexibility index (Phi) is 3.40. The lowest BCUT2D eigenvalue weighted by atomic mass is 10.2. The molecule has 2 heterocycles. The van der Waals surface area contributed by atoms with Crippen LogP contribution >= 0.6 is 23.2 Å². The number of hydrogen-bond donors (Lipinski definition) is 0. The zero-order valence-electron chi connectivity index (χ0n) is 9.91. The molecule has 17 heavy (non-hydrogen) atoms. The summed E-state index contributed by atoms with van der Waals surface area (Å²) in [6, 6.07) is 1.99. The lowest BCUT2D eigenvalue weighted by Gasteiger charge is -2.04. The molecule has 3 nitrogen and oxygen atoms in total. The second kappa shape index (κ2) is 4.67. The second-order valence-electron chi connectivity index (χ2n) is 4.22. The van der Waals surface area contributed by atoms with Crippen LogP contribution in [0.2, 0.25) is 10.0 Å². The minimum Gasteiger partial charge on any atom is -0.269 e. The van der Waals surface area contributed by atoms with Gasteiger partial charge < -0.3 is 0 Å². The Morgan fingerprint density at radius 3 is 2.47 bits per heavy atom. The molecule has 0 saturated carbocycles. The Morgan fingerprint density at radius 2 is 1.94 bits per heavy atom. The quantitative estimate of drug-likeness (QED) is 0.821. The van der Waals surface area contributed by atoms with Crippen molar-refractivity contribution >= 4 is 23.2 Å². The van der Waals surface area contributed by atoms with E-state index in [0.717, 1.165) is 11.3 Å². The van der Waals surface area contributed by atoms with E-state index in [4.69, 9.17) is 23.2 Å². The highest BCUT2D eigenvalue weighted by atomic mass is 35.5. The summed E-state index contributed by atoms with van der Waals surface area (Å²) in [6.45, 7) is 6.15. The van der Waals surface area contributed by atoms with Crippen molar-refractivity contribution in [2.24, 2.45) is 0 Å². The molecule has 0 saturated heterocycles. The average Bonchev–Trinajstić information content (AvgIpc) is 2.61. The summed E-state index contributed by atoms with van der Waals surface area (Å²) in [5.41, 5.74) is 2.53. The SMILES string of the molecule is Cc1cn(C(C)C)nc1-c1ncc(Cl)cc1Cl. The minimum absolute atomic E-state index is 0.313. The smallest absolute Gasteiger partial charge is 0.115 e. The van der Waals surface area contributed by atoms with Gasteiger partial charge in [0, 0.05) is 18.4 Å². The second-order valence-corrected chi connectivity index (χ2v) is 5.06. The summed E-state index contributed by atoms with van der Waals surface area (Å²) in [4.78, 5) is 4.24. The Morgan fingerprint density at radius 1 is 1.24 bits per heavy atom. The van der Waals surface area contributed by atoms with Gasteiger partial charge in [-0.25, -0.2) is 0 Å². The average molecular weight is 270 g/mol. The third-order valence-corrected chi connectivity index (χ3v) is 2.97. The third-order valence-electron chi connectivity index (χ3n) is 2.48. The zero-order valence-corrected chi connectivity index (χ0v) is 11.4. The van der Waals surface area contributed by atoms with E-state index in [1.807, 2.05) is 17.8 Å². The van der Waals surface area contributed by atoms with Crippen LogP contribution in [0.3, 0.4) is 0 Å². The van der Waals surface area contributed by atoms with Crippen LogP contribution in [0.5, 0.6) is 0 Å². The molecular formula is C12H13Cl2N3. The third kappa shape index (κ3) is 2.45. The van der Waals surface area contributed by atoms with Crippen LogP contribution in [0.4, 0.5) is 0 Å². The summed E-state index contributed by atoms with van der Waals surface area (Å²) < 4.78 is 1.90. The van der Waals surface area contributed by atoms with E-state index in [0.29, 0.717) is 21.8 Å². The molecule has 0 amide bonds. The maximum Gasteiger partial charge on any atom is 0.115 e. The maximum atomic E-state index is 6.13. The molecule has 90 valence electrons. The zero-order chi connectivity index (χ0) is 12.6. The van der Waals surface area contributed by atoms with Gasteiger partial charge in [0.25, 0.3) is 0 Å². The van der Waals surface area contributed by atoms with E-state index in [1.165, 1.54) is 0 Å². The molecule has 0 radical (unpaired) electrons. The van der Waals surface area contributed by atoms with Gasteiger partial charge in [0.1, 0.15) is 11.4 Å². The molecule has 2 aromatic rings. The summed E-state index contributed by atoms with van der Waals surface area (Å²) in [7, 11) is 0. The minimum atomic E-state index is 0.313. The van der Waals surface area contributed by atoms with Crippen molar-refractivity contribution in [1.29, 1.82) is 0 Å². The van der Waals surface area contributed by atoms with Crippen molar-refractivity contribution < 1.29 is 0 Å². The standard InChI is InChI=1S/C12H13Cl2N3/c1-7(2)17-6-8(3)11(16-17)12-10(14)4-9(13)5-15-12/h4-7H,1-3H3. The first-order chi connectivity index (χ1) is 7.99. The Balaban J connectivity index is 2.52. The number of nitrogens with zero attached hydrogens (tertiary/aromatic N) is 3. The normalized spacial score (nSPS) is 11.2. The first kappa shape index (κ1) is 12.4. The van der Waals surface area contributed by atoms with Crippen molar-refractivity contribution in [3.63, 3.8) is 0 Å². The Hall–Kier alpha value is -1.06. The van der Waals surface area contributed by atoms with Gasteiger partial charge in [-0.3, -0.25) is 9.67 Å². The lowest BCUT2D eigenvalue weighted by molar-refractivity contribution is 0.533. The van der Waals surface area contributed by atoms with Crippen molar-refractivity contribution in [2.75, 3.05) is 0 Å². The topological polar surface area (TPSA) is 30.7 Å². The first-order valence-corrected chi connectivity index (χ1v) is 6.12. The molecule has 0 aliphatic rings. The van der Waals surface area contributed by atoms with Crippen molar-refractivity contribution in [1.82, 2.24) is 14.8 Å². The van der Waals surface area contributed by atoms with Gasteiger partial charge >= 0.3 is 0 Å². The highest BCUT2D eigenvalue weighted by Crippen LogP contribution is 2.29. The number of halogens is 2. The van der Waals surface area contributed by atoms with Crippen LogP contribution in [0.15, 0.2) is 18.5 Å². The van der Waals surface area contributed by atoms with Crippen molar-refractivity contribution in [2.45, 2.75) is 26.8 Å². The number of rotatable bonds is 2. The van der Waals surface area contributed by atoms with Gasteiger partial charge in [0.05, 0.1) is 10.0 Å². The lowest BCUT2D eigenvalue weighted by Crippen LogP contribution is -2.01. The molecule has 0 aliphatic heterocycles. The summed E-state index contributed by atoms with van der Waals surface area (Å²) in [6.07, 6.45) is 3.57. The number of aromatic nitrogens is 3. The largest absolute Gasteiger partial charge is 0.269 e. The molecule has 2 aromatic heterocycles.